The van der Waals surface area contributed by atoms with E-state index in [-0.39, 0.29) is 6.04 Å². The van der Waals surface area contributed by atoms with Crippen LogP contribution in [0, 0.1) is 5.92 Å². The lowest BCUT2D eigenvalue weighted by atomic mass is 10.0. The SMILES string of the molecule is COc1nc(C(N)CC(C)C)nc2ccc(-c3ccncc3)cc12. The Balaban J connectivity index is 2.07. The first-order chi connectivity index (χ1) is 11.6. The van der Waals surface area contributed by atoms with Crippen molar-refractivity contribution in [3.63, 3.8) is 0 Å². The molecule has 1 atom stereocenters. The monoisotopic (exact) mass is 322 g/mol. The molecule has 24 heavy (non-hydrogen) atoms. The molecule has 0 aliphatic heterocycles. The van der Waals surface area contributed by atoms with E-state index in [0.29, 0.717) is 17.6 Å². The van der Waals surface area contributed by atoms with Crippen LogP contribution in [0.4, 0.5) is 0 Å². The van der Waals surface area contributed by atoms with Gasteiger partial charge in [-0.3, -0.25) is 4.98 Å². The van der Waals surface area contributed by atoms with E-state index in [2.05, 4.69) is 28.8 Å². The smallest absolute Gasteiger partial charge is 0.224 e. The number of aromatic nitrogens is 3. The second kappa shape index (κ2) is 6.93. The Morgan fingerprint density at radius 3 is 2.46 bits per heavy atom. The Kier molecular flexibility index (Phi) is 4.71. The number of benzene rings is 1. The van der Waals surface area contributed by atoms with E-state index >= 15 is 0 Å². The topological polar surface area (TPSA) is 73.9 Å². The molecule has 5 heteroatoms. The molecule has 0 amide bonds. The van der Waals surface area contributed by atoms with Crippen LogP contribution in [0.5, 0.6) is 5.88 Å². The molecule has 3 aromatic rings. The lowest BCUT2D eigenvalue weighted by molar-refractivity contribution is 0.396. The van der Waals surface area contributed by atoms with Gasteiger partial charge in [0.25, 0.3) is 0 Å². The maximum Gasteiger partial charge on any atom is 0.224 e. The Morgan fingerprint density at radius 2 is 1.79 bits per heavy atom. The summed E-state index contributed by atoms with van der Waals surface area (Å²) in [6.07, 6.45) is 4.40. The highest BCUT2D eigenvalue weighted by atomic mass is 16.5. The second-order valence-electron chi connectivity index (χ2n) is 6.29. The summed E-state index contributed by atoms with van der Waals surface area (Å²) < 4.78 is 5.50. The molecule has 0 radical (unpaired) electrons. The molecule has 2 heterocycles. The number of hydrogen-bond donors (Lipinski definition) is 1. The number of hydrogen-bond acceptors (Lipinski definition) is 5. The molecular weight excluding hydrogens is 300 g/mol. The molecule has 0 saturated heterocycles. The van der Waals surface area contributed by atoms with Gasteiger partial charge in [0.15, 0.2) is 0 Å². The molecule has 0 spiro atoms. The van der Waals surface area contributed by atoms with E-state index in [0.717, 1.165) is 28.5 Å². The van der Waals surface area contributed by atoms with Gasteiger partial charge in [-0.15, -0.1) is 0 Å². The van der Waals surface area contributed by atoms with Crippen molar-refractivity contribution in [1.82, 2.24) is 15.0 Å². The van der Waals surface area contributed by atoms with Crippen molar-refractivity contribution >= 4 is 10.9 Å². The van der Waals surface area contributed by atoms with Gasteiger partial charge in [0.05, 0.1) is 24.1 Å². The third-order valence-corrected chi connectivity index (χ3v) is 3.94. The number of nitrogens with two attached hydrogens (primary N) is 1. The summed E-state index contributed by atoms with van der Waals surface area (Å²) in [5, 5.41) is 0.882. The van der Waals surface area contributed by atoms with Crippen LogP contribution in [0.15, 0.2) is 42.7 Å². The van der Waals surface area contributed by atoms with Crippen molar-refractivity contribution in [2.45, 2.75) is 26.3 Å². The molecule has 0 saturated carbocycles. The zero-order valence-electron chi connectivity index (χ0n) is 14.2. The van der Waals surface area contributed by atoms with Crippen molar-refractivity contribution in [2.75, 3.05) is 7.11 Å². The molecule has 2 N–H and O–H groups in total. The van der Waals surface area contributed by atoms with Gasteiger partial charge in [-0.25, -0.2) is 4.98 Å². The molecule has 0 aliphatic carbocycles. The lowest BCUT2D eigenvalue weighted by Crippen LogP contribution is -2.16. The van der Waals surface area contributed by atoms with Crippen LogP contribution in [0.3, 0.4) is 0 Å². The fourth-order valence-corrected chi connectivity index (χ4v) is 2.78. The first-order valence-electron chi connectivity index (χ1n) is 8.10. The molecule has 1 aromatic carbocycles. The van der Waals surface area contributed by atoms with E-state index in [4.69, 9.17) is 10.5 Å². The summed E-state index contributed by atoms with van der Waals surface area (Å²) in [4.78, 5) is 13.2. The first kappa shape index (κ1) is 16.3. The number of nitrogens with zero attached hydrogens (tertiary/aromatic N) is 3. The lowest BCUT2D eigenvalue weighted by Gasteiger charge is -2.15. The second-order valence-corrected chi connectivity index (χ2v) is 6.29. The first-order valence-corrected chi connectivity index (χ1v) is 8.10. The molecule has 1 unspecified atom stereocenters. The fourth-order valence-electron chi connectivity index (χ4n) is 2.78. The van der Waals surface area contributed by atoms with Gasteiger partial charge in [-0.1, -0.05) is 19.9 Å². The predicted molar refractivity (Wildman–Crippen MR) is 95.7 cm³/mol. The molecular formula is C19H22N4O. The Hall–Kier alpha value is -2.53. The number of ether oxygens (including phenoxy) is 1. The van der Waals surface area contributed by atoms with Gasteiger partial charge < -0.3 is 10.5 Å². The summed E-state index contributed by atoms with van der Waals surface area (Å²) >= 11 is 0. The maximum atomic E-state index is 6.24. The third-order valence-electron chi connectivity index (χ3n) is 3.94. The molecule has 0 bridgehead atoms. The molecule has 124 valence electrons. The third kappa shape index (κ3) is 3.36. The predicted octanol–water partition coefficient (Wildman–Crippen LogP) is 3.75. The van der Waals surface area contributed by atoms with Gasteiger partial charge in [-0.05, 0) is 47.7 Å². The van der Waals surface area contributed by atoms with Crippen molar-refractivity contribution in [3.05, 3.63) is 48.5 Å². The maximum absolute atomic E-state index is 6.24. The quantitative estimate of drug-likeness (QED) is 0.774. The summed E-state index contributed by atoms with van der Waals surface area (Å²) in [7, 11) is 1.62. The van der Waals surface area contributed by atoms with Crippen LogP contribution in [-0.4, -0.2) is 22.1 Å². The average Bonchev–Trinajstić information content (AvgIpc) is 2.60. The van der Waals surface area contributed by atoms with E-state index in [1.165, 1.54) is 0 Å². The summed E-state index contributed by atoms with van der Waals surface area (Å²) in [5.41, 5.74) is 9.25. The molecule has 3 rings (SSSR count). The number of methoxy groups -OCH3 is 1. The van der Waals surface area contributed by atoms with Crippen molar-refractivity contribution in [1.29, 1.82) is 0 Å². The Bertz CT molecular complexity index is 833. The van der Waals surface area contributed by atoms with E-state index < -0.39 is 0 Å². The van der Waals surface area contributed by atoms with E-state index in [9.17, 15) is 0 Å². The van der Waals surface area contributed by atoms with Crippen LogP contribution in [0.25, 0.3) is 22.0 Å². The Labute approximate surface area is 141 Å². The number of pyridine rings is 1. The zero-order chi connectivity index (χ0) is 17.1. The van der Waals surface area contributed by atoms with Gasteiger partial charge in [-0.2, -0.15) is 4.98 Å². The van der Waals surface area contributed by atoms with Crippen LogP contribution < -0.4 is 10.5 Å². The summed E-state index contributed by atoms with van der Waals surface area (Å²) in [6, 6.07) is 9.83. The highest BCUT2D eigenvalue weighted by molar-refractivity contribution is 5.88. The van der Waals surface area contributed by atoms with Gasteiger partial charge in [0.1, 0.15) is 5.82 Å². The van der Waals surface area contributed by atoms with Crippen molar-refractivity contribution < 1.29 is 4.74 Å². The molecule has 0 fully saturated rings. The van der Waals surface area contributed by atoms with Crippen molar-refractivity contribution in [2.24, 2.45) is 11.7 Å². The minimum atomic E-state index is -0.192. The fraction of sp³-hybridized carbons (Fsp3) is 0.316. The number of rotatable bonds is 5. The van der Waals surface area contributed by atoms with Gasteiger partial charge in [0.2, 0.25) is 5.88 Å². The largest absolute Gasteiger partial charge is 0.480 e. The minimum absolute atomic E-state index is 0.192. The van der Waals surface area contributed by atoms with Crippen LogP contribution in [0.1, 0.15) is 32.1 Å². The molecule has 2 aromatic heterocycles. The highest BCUT2D eigenvalue weighted by Crippen LogP contribution is 2.29. The van der Waals surface area contributed by atoms with Crippen LogP contribution >= 0.6 is 0 Å². The highest BCUT2D eigenvalue weighted by Gasteiger charge is 2.16. The van der Waals surface area contributed by atoms with Crippen LogP contribution in [-0.2, 0) is 0 Å². The zero-order valence-corrected chi connectivity index (χ0v) is 14.2. The van der Waals surface area contributed by atoms with Crippen LogP contribution in [0.2, 0.25) is 0 Å². The van der Waals surface area contributed by atoms with Crippen molar-refractivity contribution in [3.8, 4) is 17.0 Å². The van der Waals surface area contributed by atoms with E-state index in [1.54, 1.807) is 19.5 Å². The van der Waals surface area contributed by atoms with E-state index in [1.807, 2.05) is 30.3 Å². The Morgan fingerprint density at radius 1 is 1.04 bits per heavy atom. The minimum Gasteiger partial charge on any atom is -0.480 e. The standard InChI is InChI=1S/C19H22N4O/c1-12(2)10-16(20)18-22-17-5-4-14(13-6-8-21-9-7-13)11-15(17)19(23-18)24-3/h4-9,11-12,16H,10,20H2,1-3H3. The average molecular weight is 322 g/mol. The number of fused-ring (bicyclic) bond motifs is 1. The summed E-state index contributed by atoms with van der Waals surface area (Å²) in [6.45, 7) is 4.28. The summed E-state index contributed by atoms with van der Waals surface area (Å²) in [5.74, 6) is 1.68. The molecule has 0 aliphatic rings. The van der Waals surface area contributed by atoms with Gasteiger partial charge in [0, 0.05) is 12.4 Å². The molecule has 5 nitrogen and oxygen atoms in total. The van der Waals surface area contributed by atoms with Gasteiger partial charge >= 0.3 is 0 Å². The normalized spacial score (nSPS) is 12.5.